The number of ketones is 1. The normalized spacial score (nSPS) is 21.1. The summed E-state index contributed by atoms with van der Waals surface area (Å²) >= 11 is 0. The van der Waals surface area contributed by atoms with E-state index in [1.165, 1.54) is 0 Å². The maximum atomic E-state index is 11.9. The molecule has 2 rings (SSSR count). The van der Waals surface area contributed by atoms with Gasteiger partial charge in [0.15, 0.2) is 5.78 Å². The van der Waals surface area contributed by atoms with Crippen LogP contribution in [0.1, 0.15) is 22.3 Å². The van der Waals surface area contributed by atoms with Crippen molar-refractivity contribution in [2.24, 2.45) is 5.92 Å². The topological polar surface area (TPSA) is 39.2 Å². The Labute approximate surface area is 83.1 Å². The van der Waals surface area contributed by atoms with Crippen LogP contribution in [0.3, 0.4) is 0 Å². The fourth-order valence-electron chi connectivity index (χ4n) is 1.68. The van der Waals surface area contributed by atoms with Crippen molar-refractivity contribution in [3.8, 4) is 0 Å². The van der Waals surface area contributed by atoms with Crippen LogP contribution in [0.25, 0.3) is 0 Å². The molecule has 1 aromatic rings. The first kappa shape index (κ1) is 9.34. The molecule has 0 N–H and O–H groups in total. The molecule has 1 unspecified atom stereocenters. The van der Waals surface area contributed by atoms with Gasteiger partial charge in [-0.05, 0) is 25.0 Å². The smallest absolute Gasteiger partial charge is 0.170 e. The standard InChI is InChI=1S/C11H13NO2/c1-8-2-4-12-6-10(8)11(13)9-3-5-14-7-9/h2,4,6,9H,3,5,7H2,1H3. The number of ether oxygens (including phenoxy) is 1. The van der Waals surface area contributed by atoms with E-state index in [-0.39, 0.29) is 11.7 Å². The summed E-state index contributed by atoms with van der Waals surface area (Å²) in [5.74, 6) is 0.214. The molecule has 0 bridgehead atoms. The molecule has 1 aliphatic rings. The lowest BCUT2D eigenvalue weighted by atomic mass is 9.96. The predicted octanol–water partition coefficient (Wildman–Crippen LogP) is 1.61. The fraction of sp³-hybridized carbons (Fsp3) is 0.455. The zero-order valence-corrected chi connectivity index (χ0v) is 8.19. The highest BCUT2D eigenvalue weighted by Gasteiger charge is 2.25. The van der Waals surface area contributed by atoms with E-state index in [1.807, 2.05) is 13.0 Å². The summed E-state index contributed by atoms with van der Waals surface area (Å²) in [4.78, 5) is 15.9. The molecule has 0 saturated carbocycles. The first-order chi connectivity index (χ1) is 6.79. The van der Waals surface area contributed by atoms with Crippen LogP contribution in [0, 0.1) is 12.8 Å². The molecule has 0 spiro atoms. The highest BCUT2D eigenvalue weighted by atomic mass is 16.5. The summed E-state index contributed by atoms with van der Waals surface area (Å²) in [5, 5.41) is 0. The van der Waals surface area contributed by atoms with Gasteiger partial charge in [0.1, 0.15) is 0 Å². The zero-order chi connectivity index (χ0) is 9.97. The van der Waals surface area contributed by atoms with Crippen molar-refractivity contribution in [1.82, 2.24) is 4.98 Å². The molecule has 3 nitrogen and oxygen atoms in total. The molecule has 3 heteroatoms. The lowest BCUT2D eigenvalue weighted by molar-refractivity contribution is 0.0899. The number of hydrogen-bond acceptors (Lipinski definition) is 3. The van der Waals surface area contributed by atoms with Gasteiger partial charge in [-0.15, -0.1) is 0 Å². The van der Waals surface area contributed by atoms with Crippen LogP contribution in [0.5, 0.6) is 0 Å². The third kappa shape index (κ3) is 1.68. The van der Waals surface area contributed by atoms with Crippen LogP contribution < -0.4 is 0 Å². The maximum absolute atomic E-state index is 11.9. The fourth-order valence-corrected chi connectivity index (χ4v) is 1.68. The van der Waals surface area contributed by atoms with E-state index in [1.54, 1.807) is 12.4 Å². The van der Waals surface area contributed by atoms with Gasteiger partial charge in [-0.2, -0.15) is 0 Å². The maximum Gasteiger partial charge on any atom is 0.170 e. The molecular weight excluding hydrogens is 178 g/mol. The van der Waals surface area contributed by atoms with E-state index < -0.39 is 0 Å². The molecular formula is C11H13NO2. The molecule has 0 radical (unpaired) electrons. The number of nitrogens with zero attached hydrogens (tertiary/aromatic N) is 1. The minimum atomic E-state index is 0.0397. The molecule has 0 amide bonds. The Morgan fingerprint density at radius 2 is 2.50 bits per heavy atom. The quantitative estimate of drug-likeness (QED) is 0.667. The molecule has 14 heavy (non-hydrogen) atoms. The van der Waals surface area contributed by atoms with Crippen LogP contribution in [0.2, 0.25) is 0 Å². The Hall–Kier alpha value is -1.22. The summed E-state index contributed by atoms with van der Waals surface area (Å²) in [6.45, 7) is 3.20. The Morgan fingerprint density at radius 3 is 3.14 bits per heavy atom. The number of Topliss-reactive ketones (excluding diaryl/α,β-unsaturated/α-hetero) is 1. The van der Waals surface area contributed by atoms with Crippen LogP contribution in [-0.2, 0) is 4.74 Å². The van der Waals surface area contributed by atoms with Crippen molar-refractivity contribution in [2.45, 2.75) is 13.3 Å². The summed E-state index contributed by atoms with van der Waals surface area (Å²) in [5.41, 5.74) is 1.74. The summed E-state index contributed by atoms with van der Waals surface area (Å²) in [6.07, 6.45) is 4.19. The largest absolute Gasteiger partial charge is 0.381 e. The van der Waals surface area contributed by atoms with E-state index >= 15 is 0 Å². The molecule has 1 saturated heterocycles. The van der Waals surface area contributed by atoms with Crippen LogP contribution in [0.4, 0.5) is 0 Å². The lowest BCUT2D eigenvalue weighted by Crippen LogP contribution is -2.15. The van der Waals surface area contributed by atoms with Crippen molar-refractivity contribution in [3.05, 3.63) is 29.6 Å². The van der Waals surface area contributed by atoms with Gasteiger partial charge in [-0.25, -0.2) is 0 Å². The Balaban J connectivity index is 2.22. The lowest BCUT2D eigenvalue weighted by Gasteiger charge is -2.07. The van der Waals surface area contributed by atoms with Gasteiger partial charge in [0, 0.05) is 30.5 Å². The van der Waals surface area contributed by atoms with E-state index in [0.29, 0.717) is 13.2 Å². The Morgan fingerprint density at radius 1 is 1.64 bits per heavy atom. The number of aryl methyl sites for hydroxylation is 1. The van der Waals surface area contributed by atoms with Gasteiger partial charge < -0.3 is 4.74 Å². The molecule has 1 atom stereocenters. The van der Waals surface area contributed by atoms with E-state index in [9.17, 15) is 4.79 Å². The second-order valence-electron chi connectivity index (χ2n) is 3.62. The highest BCUT2D eigenvalue weighted by Crippen LogP contribution is 2.19. The average molecular weight is 191 g/mol. The number of carbonyl (C=O) groups excluding carboxylic acids is 1. The van der Waals surface area contributed by atoms with E-state index in [2.05, 4.69) is 4.98 Å². The number of pyridine rings is 1. The average Bonchev–Trinajstić information content (AvgIpc) is 2.70. The van der Waals surface area contributed by atoms with Gasteiger partial charge in [0.05, 0.1) is 6.61 Å². The van der Waals surface area contributed by atoms with Crippen molar-refractivity contribution < 1.29 is 9.53 Å². The number of aromatic nitrogens is 1. The Bertz CT molecular complexity index is 343. The Kier molecular flexibility index (Phi) is 2.59. The third-order valence-electron chi connectivity index (χ3n) is 2.61. The number of rotatable bonds is 2. The SMILES string of the molecule is Cc1ccncc1C(=O)C1CCOC1. The number of hydrogen-bond donors (Lipinski definition) is 0. The van der Waals surface area contributed by atoms with Crippen molar-refractivity contribution >= 4 is 5.78 Å². The van der Waals surface area contributed by atoms with Crippen LogP contribution in [0.15, 0.2) is 18.5 Å². The van der Waals surface area contributed by atoms with Gasteiger partial charge >= 0.3 is 0 Å². The first-order valence-electron chi connectivity index (χ1n) is 4.81. The molecule has 2 heterocycles. The van der Waals surface area contributed by atoms with Crippen molar-refractivity contribution in [3.63, 3.8) is 0 Å². The van der Waals surface area contributed by atoms with Crippen LogP contribution in [-0.4, -0.2) is 24.0 Å². The van der Waals surface area contributed by atoms with Gasteiger partial charge in [0.25, 0.3) is 0 Å². The van der Waals surface area contributed by atoms with E-state index in [0.717, 1.165) is 17.5 Å². The molecule has 1 fully saturated rings. The molecule has 1 aromatic heterocycles. The van der Waals surface area contributed by atoms with Crippen LogP contribution >= 0.6 is 0 Å². The molecule has 0 aliphatic carbocycles. The second kappa shape index (κ2) is 3.88. The van der Waals surface area contributed by atoms with Gasteiger partial charge in [-0.1, -0.05) is 0 Å². The first-order valence-corrected chi connectivity index (χ1v) is 4.81. The summed E-state index contributed by atoms with van der Waals surface area (Å²) in [7, 11) is 0. The monoisotopic (exact) mass is 191 g/mol. The second-order valence-corrected chi connectivity index (χ2v) is 3.62. The molecule has 74 valence electrons. The van der Waals surface area contributed by atoms with Crippen molar-refractivity contribution in [1.29, 1.82) is 0 Å². The minimum Gasteiger partial charge on any atom is -0.381 e. The number of carbonyl (C=O) groups is 1. The summed E-state index contributed by atoms with van der Waals surface area (Å²) < 4.78 is 5.20. The molecule has 0 aromatic carbocycles. The highest BCUT2D eigenvalue weighted by molar-refractivity contribution is 5.99. The van der Waals surface area contributed by atoms with Crippen molar-refractivity contribution in [2.75, 3.05) is 13.2 Å². The summed E-state index contributed by atoms with van der Waals surface area (Å²) in [6, 6.07) is 1.86. The van der Waals surface area contributed by atoms with Gasteiger partial charge in [0.2, 0.25) is 0 Å². The van der Waals surface area contributed by atoms with Gasteiger partial charge in [-0.3, -0.25) is 9.78 Å². The third-order valence-corrected chi connectivity index (χ3v) is 2.61. The zero-order valence-electron chi connectivity index (χ0n) is 8.19. The minimum absolute atomic E-state index is 0.0397. The predicted molar refractivity (Wildman–Crippen MR) is 52.2 cm³/mol. The van der Waals surface area contributed by atoms with E-state index in [4.69, 9.17) is 4.74 Å². The molecule has 1 aliphatic heterocycles.